The molecule has 10 nitrogen and oxygen atoms in total. The van der Waals surface area contributed by atoms with Crippen LogP contribution in [0.5, 0.6) is 11.5 Å². The fraction of sp³-hybridized carbons (Fsp3) is 0.130. The Morgan fingerprint density at radius 1 is 1.23 bits per heavy atom. The number of methoxy groups -OCH3 is 1. The first-order valence-electron chi connectivity index (χ1n) is 10.1. The summed E-state index contributed by atoms with van der Waals surface area (Å²) in [6.07, 6.45) is 1.82. The van der Waals surface area contributed by atoms with Gasteiger partial charge in [-0.05, 0) is 23.8 Å². The number of hydrogen-bond acceptors (Lipinski definition) is 10. The monoisotopic (exact) mass is 552 g/mol. The van der Waals surface area contributed by atoms with Crippen LogP contribution in [-0.4, -0.2) is 18.1 Å². The summed E-state index contributed by atoms with van der Waals surface area (Å²) in [5, 5.41) is 24.6. The summed E-state index contributed by atoms with van der Waals surface area (Å²) < 4.78 is 12.2. The standard InChI is InChI=1S/C23H18BrClN8O2/c1-34-16-6-12(14(24)7-17(16)35-9-11-4-2-3-5-15(11)25)20-18-19(28)13(8-26)21(29)32-22(18)33-23(31-20)30-10-27/h2-7,20H,9H2,1H3,(H6,28,29,30,31,32,33). The van der Waals surface area contributed by atoms with Crippen LogP contribution in [0.1, 0.15) is 28.3 Å². The number of halogens is 2. The van der Waals surface area contributed by atoms with Crippen molar-refractivity contribution in [2.24, 2.45) is 4.99 Å². The molecule has 1 unspecified atom stereocenters. The van der Waals surface area contributed by atoms with E-state index in [1.165, 1.54) is 7.11 Å². The van der Waals surface area contributed by atoms with Crippen molar-refractivity contribution >= 4 is 50.8 Å². The summed E-state index contributed by atoms with van der Waals surface area (Å²) in [6.45, 7) is 0.230. The third-order valence-electron chi connectivity index (χ3n) is 5.28. The van der Waals surface area contributed by atoms with E-state index in [-0.39, 0.29) is 35.5 Å². The first-order valence-corrected chi connectivity index (χ1v) is 11.3. The van der Waals surface area contributed by atoms with Crippen LogP contribution in [-0.2, 0) is 6.61 Å². The van der Waals surface area contributed by atoms with E-state index in [4.69, 9.17) is 37.8 Å². The van der Waals surface area contributed by atoms with E-state index in [9.17, 15) is 5.26 Å². The molecule has 0 saturated heterocycles. The molecule has 176 valence electrons. The minimum Gasteiger partial charge on any atom is -0.493 e. The fourth-order valence-corrected chi connectivity index (χ4v) is 4.34. The summed E-state index contributed by atoms with van der Waals surface area (Å²) in [5.41, 5.74) is 14.3. The number of aromatic nitrogens is 1. The lowest BCUT2D eigenvalue weighted by molar-refractivity contribution is 0.284. The van der Waals surface area contributed by atoms with Crippen LogP contribution >= 0.6 is 27.5 Å². The molecule has 4 rings (SSSR count). The Morgan fingerprint density at radius 2 is 2.00 bits per heavy atom. The van der Waals surface area contributed by atoms with Crippen molar-refractivity contribution in [3.63, 3.8) is 0 Å². The van der Waals surface area contributed by atoms with Gasteiger partial charge in [0.1, 0.15) is 35.9 Å². The topological polar surface area (TPSA) is 167 Å². The molecule has 0 bridgehead atoms. The highest BCUT2D eigenvalue weighted by molar-refractivity contribution is 9.10. The third-order valence-corrected chi connectivity index (χ3v) is 6.33. The molecule has 2 heterocycles. The van der Waals surface area contributed by atoms with Gasteiger partial charge in [0.2, 0.25) is 5.96 Å². The van der Waals surface area contributed by atoms with E-state index in [0.717, 1.165) is 5.56 Å². The van der Waals surface area contributed by atoms with Crippen molar-refractivity contribution in [1.29, 1.82) is 10.5 Å². The van der Waals surface area contributed by atoms with E-state index < -0.39 is 6.04 Å². The van der Waals surface area contributed by atoms with Gasteiger partial charge >= 0.3 is 0 Å². The number of hydrogen-bond donors (Lipinski definition) is 4. The molecule has 1 aliphatic rings. The maximum atomic E-state index is 9.52. The van der Waals surface area contributed by atoms with Gasteiger partial charge in [0.05, 0.1) is 12.8 Å². The number of fused-ring (bicyclic) bond motifs is 1. The molecule has 0 radical (unpaired) electrons. The van der Waals surface area contributed by atoms with Gasteiger partial charge in [-0.3, -0.25) is 5.32 Å². The first-order chi connectivity index (χ1) is 16.9. The van der Waals surface area contributed by atoms with Gasteiger partial charge in [-0.15, -0.1) is 0 Å². The largest absolute Gasteiger partial charge is 0.493 e. The molecule has 12 heteroatoms. The Hall–Kier alpha value is -4.19. The molecule has 0 aliphatic carbocycles. The molecule has 35 heavy (non-hydrogen) atoms. The van der Waals surface area contributed by atoms with Gasteiger partial charge in [0.25, 0.3) is 0 Å². The minimum absolute atomic E-state index is 0.0341. The number of rotatable bonds is 5. The van der Waals surface area contributed by atoms with Gasteiger partial charge in [-0.2, -0.15) is 10.5 Å². The average Bonchev–Trinajstić information content (AvgIpc) is 2.83. The highest BCUT2D eigenvalue weighted by Gasteiger charge is 2.31. The van der Waals surface area contributed by atoms with Crippen molar-refractivity contribution in [3.8, 4) is 23.8 Å². The van der Waals surface area contributed by atoms with E-state index in [2.05, 4.69) is 36.5 Å². The van der Waals surface area contributed by atoms with Crippen LogP contribution < -0.4 is 31.6 Å². The Balaban J connectivity index is 1.80. The van der Waals surface area contributed by atoms with Crippen molar-refractivity contribution < 1.29 is 9.47 Å². The smallest absolute Gasteiger partial charge is 0.211 e. The number of pyridine rings is 1. The lowest BCUT2D eigenvalue weighted by Crippen LogP contribution is -2.32. The second-order valence-electron chi connectivity index (χ2n) is 7.31. The molecule has 0 fully saturated rings. The number of ether oxygens (including phenoxy) is 2. The normalized spacial score (nSPS) is 14.0. The van der Waals surface area contributed by atoms with E-state index >= 15 is 0 Å². The number of nitrogens with two attached hydrogens (primary N) is 2. The first kappa shape index (κ1) is 24.0. The van der Waals surface area contributed by atoms with Crippen LogP contribution in [0.2, 0.25) is 5.02 Å². The molecular formula is C23H18BrClN8O2. The zero-order valence-electron chi connectivity index (χ0n) is 18.3. The summed E-state index contributed by atoms with van der Waals surface area (Å²) in [7, 11) is 1.52. The number of aliphatic imine (C=N–C) groups is 1. The predicted molar refractivity (Wildman–Crippen MR) is 136 cm³/mol. The summed E-state index contributed by atoms with van der Waals surface area (Å²) in [6, 6.07) is 12.1. The van der Waals surface area contributed by atoms with Crippen LogP contribution in [0.4, 0.5) is 17.3 Å². The van der Waals surface area contributed by atoms with Crippen molar-refractivity contribution in [1.82, 2.24) is 10.3 Å². The molecule has 1 aliphatic heterocycles. The zero-order valence-corrected chi connectivity index (χ0v) is 20.6. The minimum atomic E-state index is -0.747. The lowest BCUT2D eigenvalue weighted by Gasteiger charge is -2.27. The molecule has 6 N–H and O–H groups in total. The van der Waals surface area contributed by atoms with Crippen molar-refractivity contribution in [3.05, 3.63) is 68.1 Å². The Morgan fingerprint density at radius 3 is 2.69 bits per heavy atom. The number of benzene rings is 2. The number of nitrogens with zero attached hydrogens (tertiary/aromatic N) is 4. The van der Waals surface area contributed by atoms with Gasteiger partial charge in [-0.1, -0.05) is 45.7 Å². The third kappa shape index (κ3) is 4.60. The maximum Gasteiger partial charge on any atom is 0.211 e. The Bertz CT molecular complexity index is 1430. The molecule has 0 saturated carbocycles. The summed E-state index contributed by atoms with van der Waals surface area (Å²) in [5.74, 6) is 1.29. The van der Waals surface area contributed by atoms with Crippen molar-refractivity contribution in [2.45, 2.75) is 12.6 Å². The molecule has 1 aromatic heterocycles. The molecule has 0 spiro atoms. The second kappa shape index (κ2) is 9.97. The van der Waals surface area contributed by atoms with Crippen LogP contribution in [0, 0.1) is 22.8 Å². The Labute approximate surface area is 214 Å². The fourth-order valence-electron chi connectivity index (χ4n) is 3.61. The van der Waals surface area contributed by atoms with Crippen LogP contribution in [0.25, 0.3) is 0 Å². The van der Waals surface area contributed by atoms with Gasteiger partial charge < -0.3 is 26.3 Å². The van der Waals surface area contributed by atoms with Crippen LogP contribution in [0.15, 0.2) is 45.9 Å². The quantitative estimate of drug-likeness (QED) is 0.269. The summed E-state index contributed by atoms with van der Waals surface area (Å²) >= 11 is 9.83. The maximum absolute atomic E-state index is 9.52. The molecule has 3 aromatic rings. The molecule has 2 aromatic carbocycles. The lowest BCUT2D eigenvalue weighted by atomic mass is 9.95. The zero-order chi connectivity index (χ0) is 25.1. The molecular weight excluding hydrogens is 536 g/mol. The number of nitriles is 2. The Kier molecular flexibility index (Phi) is 6.82. The van der Waals surface area contributed by atoms with Crippen LogP contribution in [0.3, 0.4) is 0 Å². The van der Waals surface area contributed by atoms with Gasteiger partial charge in [0, 0.05) is 20.6 Å². The number of guanidine groups is 1. The molecule has 0 amide bonds. The highest BCUT2D eigenvalue weighted by Crippen LogP contribution is 2.45. The SMILES string of the molecule is COc1cc(C2N=C(NC#N)Nc3nc(N)c(C#N)c(N)c32)c(Br)cc1OCc1ccccc1Cl. The van der Waals surface area contributed by atoms with E-state index in [0.29, 0.717) is 32.1 Å². The molecule has 1 atom stereocenters. The number of nitrogen functional groups attached to an aromatic ring is 2. The van der Waals surface area contributed by atoms with E-state index in [1.807, 2.05) is 30.5 Å². The van der Waals surface area contributed by atoms with Gasteiger partial charge in [-0.25, -0.2) is 9.98 Å². The average molecular weight is 554 g/mol. The number of anilines is 3. The highest BCUT2D eigenvalue weighted by atomic mass is 79.9. The van der Waals surface area contributed by atoms with Crippen molar-refractivity contribution in [2.75, 3.05) is 23.9 Å². The summed E-state index contributed by atoms with van der Waals surface area (Å²) in [4.78, 5) is 8.84. The second-order valence-corrected chi connectivity index (χ2v) is 8.57. The number of nitrogens with one attached hydrogen (secondary N) is 2. The van der Waals surface area contributed by atoms with E-state index in [1.54, 1.807) is 18.2 Å². The predicted octanol–water partition coefficient (Wildman–Crippen LogP) is 4.06. The van der Waals surface area contributed by atoms with Gasteiger partial charge in [0.15, 0.2) is 17.7 Å².